The Morgan fingerprint density at radius 1 is 1.16 bits per heavy atom. The first-order valence-electron chi connectivity index (χ1n) is 10.3. The molecular formula is C23H23F2N5O2. The summed E-state index contributed by atoms with van der Waals surface area (Å²) in [7, 11) is 1.56. The van der Waals surface area contributed by atoms with Gasteiger partial charge in [-0.1, -0.05) is 12.1 Å². The molecule has 1 aromatic heterocycles. The number of likely N-dealkylation sites (tertiary alicyclic amines) is 1. The number of nitrogens with zero attached hydrogens (tertiary/aromatic N) is 5. The van der Waals surface area contributed by atoms with Crippen LogP contribution in [0.4, 0.5) is 8.78 Å². The Bertz CT molecular complexity index is 1190. The maximum atomic E-state index is 13.7. The van der Waals surface area contributed by atoms with Gasteiger partial charge in [-0.2, -0.15) is 4.68 Å². The molecule has 2 aromatic carbocycles. The molecule has 1 amide bonds. The minimum absolute atomic E-state index is 0.118. The zero-order chi connectivity index (χ0) is 22.8. The van der Waals surface area contributed by atoms with Crippen LogP contribution in [-0.2, 0) is 4.79 Å². The SMILES string of the molecule is COc1cc(/C=C2\CCCN([C@@H](C)c3ccc(F)c(F)c3)C2=O)ccc1-n1nnnc1C. The summed E-state index contributed by atoms with van der Waals surface area (Å²) in [5, 5.41) is 11.5. The minimum Gasteiger partial charge on any atom is -0.494 e. The third kappa shape index (κ3) is 4.10. The van der Waals surface area contributed by atoms with Gasteiger partial charge in [-0.3, -0.25) is 4.79 Å². The second kappa shape index (κ2) is 8.86. The van der Waals surface area contributed by atoms with E-state index >= 15 is 0 Å². The van der Waals surface area contributed by atoms with Crippen molar-refractivity contribution in [2.45, 2.75) is 32.7 Å². The fraction of sp³-hybridized carbons (Fsp3) is 0.304. The Morgan fingerprint density at radius 2 is 1.97 bits per heavy atom. The number of aromatic nitrogens is 4. The van der Waals surface area contributed by atoms with Crippen molar-refractivity contribution in [3.8, 4) is 11.4 Å². The number of carbonyl (C=O) groups is 1. The van der Waals surface area contributed by atoms with Gasteiger partial charge in [0.25, 0.3) is 0 Å². The number of halogens is 2. The zero-order valence-corrected chi connectivity index (χ0v) is 18.0. The predicted molar refractivity (Wildman–Crippen MR) is 114 cm³/mol. The van der Waals surface area contributed by atoms with Gasteiger partial charge < -0.3 is 9.64 Å². The molecule has 1 aliphatic rings. The number of carbonyl (C=O) groups excluding carboxylic acids is 1. The van der Waals surface area contributed by atoms with Crippen molar-refractivity contribution in [2.24, 2.45) is 0 Å². The van der Waals surface area contributed by atoms with Gasteiger partial charge >= 0.3 is 0 Å². The van der Waals surface area contributed by atoms with Gasteiger partial charge in [0.1, 0.15) is 11.4 Å². The standard InChI is InChI=1S/C23H23F2N5O2/c1-14(17-7-8-19(24)20(25)13-17)29-10-4-5-18(23(29)31)11-16-6-9-21(22(12-16)32-3)30-15(2)26-27-28-30/h6-9,11-14H,4-5,10H2,1-3H3/b18-11+/t14-/m0/s1. The second-order valence-electron chi connectivity index (χ2n) is 7.69. The van der Waals surface area contributed by atoms with Crippen LogP contribution in [0.25, 0.3) is 11.8 Å². The highest BCUT2D eigenvalue weighted by Crippen LogP contribution is 2.31. The van der Waals surface area contributed by atoms with Crippen LogP contribution in [0, 0.1) is 18.6 Å². The number of hydrogen-bond acceptors (Lipinski definition) is 5. The number of rotatable bonds is 5. The Balaban J connectivity index is 1.60. The summed E-state index contributed by atoms with van der Waals surface area (Å²) in [6.45, 7) is 4.16. The highest BCUT2D eigenvalue weighted by atomic mass is 19.2. The lowest BCUT2D eigenvalue weighted by atomic mass is 9.97. The lowest BCUT2D eigenvalue weighted by Crippen LogP contribution is -2.38. The van der Waals surface area contributed by atoms with Crippen LogP contribution in [0.5, 0.6) is 5.75 Å². The number of piperidine rings is 1. The largest absolute Gasteiger partial charge is 0.494 e. The average molecular weight is 439 g/mol. The molecule has 0 aliphatic carbocycles. The number of amides is 1. The summed E-state index contributed by atoms with van der Waals surface area (Å²) in [6, 6.07) is 8.91. The maximum absolute atomic E-state index is 13.7. The van der Waals surface area contributed by atoms with Crippen molar-refractivity contribution >= 4 is 12.0 Å². The quantitative estimate of drug-likeness (QED) is 0.562. The molecule has 0 unspecified atom stereocenters. The number of hydrogen-bond donors (Lipinski definition) is 0. The van der Waals surface area contributed by atoms with Crippen molar-refractivity contribution in [3.05, 3.63) is 70.6 Å². The number of benzene rings is 2. The molecule has 2 heterocycles. The van der Waals surface area contributed by atoms with Crippen molar-refractivity contribution < 1.29 is 18.3 Å². The lowest BCUT2D eigenvalue weighted by molar-refractivity contribution is -0.130. The van der Waals surface area contributed by atoms with Gasteiger partial charge in [0.15, 0.2) is 17.5 Å². The van der Waals surface area contributed by atoms with E-state index in [1.807, 2.05) is 31.2 Å². The van der Waals surface area contributed by atoms with Crippen molar-refractivity contribution in [1.82, 2.24) is 25.1 Å². The number of aryl methyl sites for hydroxylation is 1. The number of methoxy groups -OCH3 is 1. The summed E-state index contributed by atoms with van der Waals surface area (Å²) < 4.78 is 34.1. The third-order valence-electron chi connectivity index (χ3n) is 5.67. The van der Waals surface area contributed by atoms with E-state index in [1.165, 1.54) is 6.07 Å². The first-order valence-corrected chi connectivity index (χ1v) is 10.3. The summed E-state index contributed by atoms with van der Waals surface area (Å²) in [6.07, 6.45) is 3.26. The summed E-state index contributed by atoms with van der Waals surface area (Å²) in [5.74, 6) is -0.739. The van der Waals surface area contributed by atoms with Gasteiger partial charge in [-0.25, -0.2) is 8.78 Å². The van der Waals surface area contributed by atoms with Gasteiger partial charge in [0, 0.05) is 12.1 Å². The van der Waals surface area contributed by atoms with E-state index in [1.54, 1.807) is 23.6 Å². The molecule has 3 aromatic rings. The minimum atomic E-state index is -0.917. The van der Waals surface area contributed by atoms with E-state index in [9.17, 15) is 13.6 Å². The molecule has 32 heavy (non-hydrogen) atoms. The average Bonchev–Trinajstić information content (AvgIpc) is 3.22. The summed E-state index contributed by atoms with van der Waals surface area (Å²) in [4.78, 5) is 14.9. The lowest BCUT2D eigenvalue weighted by Gasteiger charge is -2.34. The highest BCUT2D eigenvalue weighted by molar-refractivity contribution is 5.98. The normalized spacial score (nSPS) is 16.5. The molecule has 9 heteroatoms. The molecule has 0 radical (unpaired) electrons. The van der Waals surface area contributed by atoms with Crippen molar-refractivity contribution in [2.75, 3.05) is 13.7 Å². The molecule has 1 atom stereocenters. The number of tetrazole rings is 1. The molecule has 0 N–H and O–H groups in total. The molecule has 1 saturated heterocycles. The molecule has 0 saturated carbocycles. The van der Waals surface area contributed by atoms with E-state index in [2.05, 4.69) is 15.5 Å². The van der Waals surface area contributed by atoms with Crippen LogP contribution in [0.2, 0.25) is 0 Å². The van der Waals surface area contributed by atoms with E-state index in [0.29, 0.717) is 41.4 Å². The Labute approximate surface area is 184 Å². The Kier molecular flexibility index (Phi) is 5.98. The molecular weight excluding hydrogens is 416 g/mol. The third-order valence-corrected chi connectivity index (χ3v) is 5.67. The smallest absolute Gasteiger partial charge is 0.250 e. The highest BCUT2D eigenvalue weighted by Gasteiger charge is 2.28. The molecule has 166 valence electrons. The van der Waals surface area contributed by atoms with Crippen LogP contribution in [0.1, 0.15) is 42.8 Å². The van der Waals surface area contributed by atoms with Gasteiger partial charge in [0.05, 0.1) is 13.2 Å². The van der Waals surface area contributed by atoms with Gasteiger partial charge in [0.2, 0.25) is 5.91 Å². The fourth-order valence-corrected chi connectivity index (χ4v) is 3.90. The van der Waals surface area contributed by atoms with Crippen LogP contribution in [0.3, 0.4) is 0 Å². The van der Waals surface area contributed by atoms with E-state index in [0.717, 1.165) is 24.1 Å². The van der Waals surface area contributed by atoms with E-state index < -0.39 is 11.6 Å². The summed E-state index contributed by atoms with van der Waals surface area (Å²) in [5.41, 5.74) is 2.71. The first kappa shape index (κ1) is 21.6. The molecule has 1 aliphatic heterocycles. The molecule has 0 bridgehead atoms. The van der Waals surface area contributed by atoms with Crippen LogP contribution >= 0.6 is 0 Å². The Morgan fingerprint density at radius 3 is 2.66 bits per heavy atom. The van der Waals surface area contributed by atoms with Crippen molar-refractivity contribution in [3.63, 3.8) is 0 Å². The molecule has 0 spiro atoms. The summed E-state index contributed by atoms with van der Waals surface area (Å²) >= 11 is 0. The first-order chi connectivity index (χ1) is 15.4. The van der Waals surface area contributed by atoms with E-state index in [-0.39, 0.29) is 11.9 Å². The van der Waals surface area contributed by atoms with Gasteiger partial charge in [-0.05, 0) is 78.6 Å². The number of ether oxygens (including phenoxy) is 1. The van der Waals surface area contributed by atoms with Crippen molar-refractivity contribution in [1.29, 1.82) is 0 Å². The predicted octanol–water partition coefficient (Wildman–Crippen LogP) is 4.02. The topological polar surface area (TPSA) is 73.1 Å². The monoisotopic (exact) mass is 439 g/mol. The van der Waals surface area contributed by atoms with E-state index in [4.69, 9.17) is 4.74 Å². The van der Waals surface area contributed by atoms with Crippen LogP contribution in [0.15, 0.2) is 42.0 Å². The van der Waals surface area contributed by atoms with Crippen LogP contribution < -0.4 is 4.74 Å². The van der Waals surface area contributed by atoms with Gasteiger partial charge in [-0.15, -0.1) is 5.10 Å². The molecule has 1 fully saturated rings. The van der Waals surface area contributed by atoms with Crippen LogP contribution in [-0.4, -0.2) is 44.7 Å². The second-order valence-corrected chi connectivity index (χ2v) is 7.69. The molecule has 7 nitrogen and oxygen atoms in total. The fourth-order valence-electron chi connectivity index (χ4n) is 3.90. The zero-order valence-electron chi connectivity index (χ0n) is 18.0. The molecule has 4 rings (SSSR count). The Hall–Kier alpha value is -3.62. The maximum Gasteiger partial charge on any atom is 0.250 e.